The van der Waals surface area contributed by atoms with E-state index in [0.717, 1.165) is 11.4 Å². The van der Waals surface area contributed by atoms with Crippen LogP contribution >= 0.6 is 11.6 Å². The molecule has 2 aromatic carbocycles. The Morgan fingerprint density at radius 1 is 0.846 bits per heavy atom. The highest BCUT2D eigenvalue weighted by molar-refractivity contribution is 7.00. The number of rotatable bonds is 5. The molecule has 0 amide bonds. The van der Waals surface area contributed by atoms with Gasteiger partial charge in [-0.25, -0.2) is 0 Å². The summed E-state index contributed by atoms with van der Waals surface area (Å²) < 4.78 is 6.87. The maximum atomic E-state index is 6.87. The van der Waals surface area contributed by atoms with Crippen LogP contribution in [-0.2, 0) is 5.88 Å². The van der Waals surface area contributed by atoms with E-state index in [1.165, 1.54) is 10.4 Å². The van der Waals surface area contributed by atoms with Crippen molar-refractivity contribution in [1.29, 1.82) is 0 Å². The van der Waals surface area contributed by atoms with E-state index in [2.05, 4.69) is 74.3 Å². The lowest BCUT2D eigenvalue weighted by Crippen LogP contribution is -2.68. The van der Waals surface area contributed by atoms with E-state index >= 15 is 0 Å². The monoisotopic (exact) mass is 381 g/mol. The van der Waals surface area contributed by atoms with Crippen molar-refractivity contribution < 1.29 is 4.43 Å². The topological polar surface area (TPSA) is 22.1 Å². The average Bonchev–Trinajstić information content (AvgIpc) is 2.67. The lowest BCUT2D eigenvalue weighted by molar-refractivity contribution is 0.506. The fraction of sp³-hybridized carbons (Fsp3) is 0.227. The van der Waals surface area contributed by atoms with Crippen LogP contribution in [0.3, 0.4) is 0 Å². The number of pyridine rings is 1. The maximum absolute atomic E-state index is 6.87. The van der Waals surface area contributed by atoms with E-state index in [1.54, 1.807) is 6.20 Å². The summed E-state index contributed by atoms with van der Waals surface area (Å²) in [4.78, 5) is 4.42. The number of alkyl halides is 1. The first kappa shape index (κ1) is 18.7. The van der Waals surface area contributed by atoms with E-state index in [9.17, 15) is 0 Å². The van der Waals surface area contributed by atoms with E-state index in [1.807, 2.05) is 24.3 Å². The Balaban J connectivity index is 2.19. The van der Waals surface area contributed by atoms with Crippen LogP contribution in [0.5, 0.6) is 5.75 Å². The summed E-state index contributed by atoms with van der Waals surface area (Å²) in [6.45, 7) is 6.79. The van der Waals surface area contributed by atoms with Crippen molar-refractivity contribution in [2.24, 2.45) is 0 Å². The number of nitrogens with zero attached hydrogens (tertiary/aromatic N) is 1. The van der Waals surface area contributed by atoms with Crippen LogP contribution in [0.4, 0.5) is 0 Å². The third kappa shape index (κ3) is 3.55. The minimum Gasteiger partial charge on any atom is -0.533 e. The molecule has 0 spiro atoms. The van der Waals surface area contributed by atoms with Crippen molar-refractivity contribution in [1.82, 2.24) is 4.98 Å². The molecular weight excluding hydrogens is 358 g/mol. The smallest absolute Gasteiger partial charge is 0.320 e. The van der Waals surface area contributed by atoms with Gasteiger partial charge in [0.25, 0.3) is 0 Å². The number of halogens is 1. The van der Waals surface area contributed by atoms with Crippen LogP contribution in [0.2, 0.25) is 5.04 Å². The van der Waals surface area contributed by atoms with Gasteiger partial charge in [0.15, 0.2) is 0 Å². The Bertz CT molecular complexity index is 790. The van der Waals surface area contributed by atoms with Crippen molar-refractivity contribution in [3.05, 3.63) is 84.7 Å². The van der Waals surface area contributed by atoms with Gasteiger partial charge in [-0.15, -0.1) is 11.6 Å². The Hall–Kier alpha value is -2.10. The summed E-state index contributed by atoms with van der Waals surface area (Å²) in [6, 6.07) is 25.1. The first-order valence-electron chi connectivity index (χ1n) is 8.78. The van der Waals surface area contributed by atoms with Gasteiger partial charge in [-0.2, -0.15) is 0 Å². The van der Waals surface area contributed by atoms with Gasteiger partial charge < -0.3 is 4.43 Å². The molecule has 0 aliphatic rings. The number of hydrogen-bond acceptors (Lipinski definition) is 2. The van der Waals surface area contributed by atoms with E-state index in [0.29, 0.717) is 5.88 Å². The molecule has 0 saturated carbocycles. The van der Waals surface area contributed by atoms with Crippen LogP contribution in [-0.4, -0.2) is 13.3 Å². The fourth-order valence-corrected chi connectivity index (χ4v) is 7.94. The van der Waals surface area contributed by atoms with Gasteiger partial charge in [0.1, 0.15) is 5.75 Å². The second-order valence-electron chi connectivity index (χ2n) is 7.38. The van der Waals surface area contributed by atoms with Gasteiger partial charge in [-0.05, 0) is 27.5 Å². The lowest BCUT2D eigenvalue weighted by Gasteiger charge is -2.42. The molecule has 0 saturated heterocycles. The highest BCUT2D eigenvalue weighted by Gasteiger charge is 2.52. The predicted molar refractivity (Wildman–Crippen MR) is 112 cm³/mol. The third-order valence-electron chi connectivity index (χ3n) is 4.62. The third-order valence-corrected chi connectivity index (χ3v) is 9.84. The van der Waals surface area contributed by atoms with Gasteiger partial charge in [0.2, 0.25) is 0 Å². The van der Waals surface area contributed by atoms with Crippen molar-refractivity contribution >= 4 is 30.3 Å². The van der Waals surface area contributed by atoms with Gasteiger partial charge in [-0.1, -0.05) is 81.4 Å². The SMILES string of the molecule is CC(C)(C)[Si](Oc1ccc(CCl)nc1)(c1ccccc1)c1ccccc1. The van der Waals surface area contributed by atoms with Gasteiger partial charge >= 0.3 is 8.32 Å². The summed E-state index contributed by atoms with van der Waals surface area (Å²) >= 11 is 5.88. The second-order valence-corrected chi connectivity index (χ2v) is 11.9. The minimum atomic E-state index is -2.59. The fourth-order valence-electron chi connectivity index (χ4n) is 3.38. The van der Waals surface area contributed by atoms with Crippen LogP contribution in [0.25, 0.3) is 0 Å². The molecule has 0 radical (unpaired) electrons. The second kappa shape index (κ2) is 7.64. The zero-order valence-electron chi connectivity index (χ0n) is 15.4. The Morgan fingerprint density at radius 3 is 1.77 bits per heavy atom. The highest BCUT2D eigenvalue weighted by Crippen LogP contribution is 2.37. The van der Waals surface area contributed by atoms with Gasteiger partial charge in [0, 0.05) is 0 Å². The quantitative estimate of drug-likeness (QED) is 0.469. The highest BCUT2D eigenvalue weighted by atomic mass is 35.5. The molecule has 134 valence electrons. The van der Waals surface area contributed by atoms with Crippen LogP contribution in [0, 0.1) is 0 Å². The standard InChI is InChI=1S/C22H24ClNOSi/c1-22(2,3)26(20-10-6-4-7-11-20,21-12-8-5-9-13-21)25-19-15-14-18(16-23)24-17-19/h4-15,17H,16H2,1-3H3. The number of aromatic nitrogens is 1. The molecule has 0 aliphatic carbocycles. The zero-order chi connectivity index (χ0) is 18.6. The summed E-state index contributed by atoms with van der Waals surface area (Å²) in [7, 11) is -2.59. The van der Waals surface area contributed by atoms with Crippen molar-refractivity contribution in [3.8, 4) is 5.75 Å². The van der Waals surface area contributed by atoms with Gasteiger partial charge in [0.05, 0.1) is 17.8 Å². The Kier molecular flexibility index (Phi) is 5.49. The van der Waals surface area contributed by atoms with Gasteiger partial charge in [-0.3, -0.25) is 4.98 Å². The molecule has 0 N–H and O–H groups in total. The molecule has 3 aromatic rings. The molecule has 3 rings (SSSR count). The molecule has 4 heteroatoms. The van der Waals surface area contributed by atoms with Crippen LogP contribution in [0.15, 0.2) is 79.0 Å². The van der Waals surface area contributed by atoms with Crippen LogP contribution < -0.4 is 14.8 Å². The zero-order valence-corrected chi connectivity index (χ0v) is 17.2. The first-order valence-corrected chi connectivity index (χ1v) is 11.2. The summed E-state index contributed by atoms with van der Waals surface area (Å²) in [5.41, 5.74) is 0.849. The molecule has 1 aromatic heterocycles. The Labute approximate surface area is 162 Å². The average molecular weight is 382 g/mol. The van der Waals surface area contributed by atoms with Crippen LogP contribution in [0.1, 0.15) is 26.5 Å². The molecule has 0 aliphatic heterocycles. The van der Waals surface area contributed by atoms with E-state index in [4.69, 9.17) is 16.0 Å². The molecule has 0 unspecified atom stereocenters. The van der Waals surface area contributed by atoms with Crippen molar-refractivity contribution in [3.63, 3.8) is 0 Å². The van der Waals surface area contributed by atoms with Crippen molar-refractivity contribution in [2.75, 3.05) is 0 Å². The summed E-state index contributed by atoms with van der Waals surface area (Å²) in [5.74, 6) is 1.19. The first-order chi connectivity index (χ1) is 12.5. The normalized spacial score (nSPS) is 12.0. The molecule has 0 atom stereocenters. The largest absolute Gasteiger partial charge is 0.533 e. The number of hydrogen-bond donors (Lipinski definition) is 0. The maximum Gasteiger partial charge on any atom is 0.320 e. The summed E-state index contributed by atoms with van der Waals surface area (Å²) in [6.07, 6.45) is 1.79. The molecule has 26 heavy (non-hydrogen) atoms. The molecule has 0 bridgehead atoms. The van der Waals surface area contributed by atoms with E-state index < -0.39 is 8.32 Å². The summed E-state index contributed by atoms with van der Waals surface area (Å²) in [5, 5.41) is 2.43. The van der Waals surface area contributed by atoms with Crippen molar-refractivity contribution in [2.45, 2.75) is 31.7 Å². The predicted octanol–water partition coefficient (Wildman–Crippen LogP) is 4.76. The lowest BCUT2D eigenvalue weighted by atomic mass is 10.2. The molecule has 1 heterocycles. The molecular formula is C22H24ClNOSi. The minimum absolute atomic E-state index is 0.0686. The van der Waals surface area contributed by atoms with E-state index in [-0.39, 0.29) is 5.04 Å². The Morgan fingerprint density at radius 2 is 1.38 bits per heavy atom. The molecule has 0 fully saturated rings. The number of benzene rings is 2. The molecule has 2 nitrogen and oxygen atoms in total.